The Morgan fingerprint density at radius 2 is 2.00 bits per heavy atom. The molecule has 0 aromatic rings. The highest BCUT2D eigenvalue weighted by Crippen LogP contribution is 2.10. The van der Waals surface area contributed by atoms with Crippen molar-refractivity contribution < 1.29 is 5.11 Å². The minimum absolute atomic E-state index is 0.311. The van der Waals surface area contributed by atoms with E-state index in [-0.39, 0.29) is 0 Å². The standard InChI is InChI=1S/C7H15O/c1-3-4-7(2)5-6-8/h8H,3-6H2,1-2H3. The van der Waals surface area contributed by atoms with Crippen LogP contribution in [0.4, 0.5) is 0 Å². The highest BCUT2D eigenvalue weighted by atomic mass is 16.2. The van der Waals surface area contributed by atoms with Gasteiger partial charge >= 0.3 is 0 Å². The van der Waals surface area contributed by atoms with E-state index in [1.807, 2.05) is 0 Å². The van der Waals surface area contributed by atoms with E-state index in [2.05, 4.69) is 13.8 Å². The summed E-state index contributed by atoms with van der Waals surface area (Å²) in [5, 5.41) is 8.44. The van der Waals surface area contributed by atoms with Gasteiger partial charge in [-0.15, -0.1) is 0 Å². The predicted molar refractivity (Wildman–Crippen MR) is 35.5 cm³/mol. The molecule has 0 fully saturated rings. The van der Waals surface area contributed by atoms with Crippen molar-refractivity contribution in [3.8, 4) is 0 Å². The first-order chi connectivity index (χ1) is 3.81. The molecule has 1 radical (unpaired) electrons. The summed E-state index contributed by atoms with van der Waals surface area (Å²) in [5.74, 6) is 1.41. The maximum Gasteiger partial charge on any atom is 0.0436 e. The van der Waals surface area contributed by atoms with Crippen molar-refractivity contribution in [1.29, 1.82) is 0 Å². The van der Waals surface area contributed by atoms with Crippen LogP contribution < -0.4 is 0 Å². The maximum atomic E-state index is 8.44. The third-order valence-corrected chi connectivity index (χ3v) is 1.22. The van der Waals surface area contributed by atoms with Crippen LogP contribution in [0, 0.1) is 5.92 Å². The summed E-state index contributed by atoms with van der Waals surface area (Å²) in [6, 6.07) is 0. The van der Waals surface area contributed by atoms with Gasteiger partial charge in [0, 0.05) is 6.61 Å². The van der Waals surface area contributed by atoms with E-state index in [1.54, 1.807) is 0 Å². The maximum absolute atomic E-state index is 8.44. The Morgan fingerprint density at radius 1 is 1.38 bits per heavy atom. The second kappa shape index (κ2) is 5.10. The molecule has 0 heterocycles. The second-order valence-corrected chi connectivity index (χ2v) is 2.18. The SMILES string of the molecule is CCC[C](C)CCO. The van der Waals surface area contributed by atoms with Crippen LogP contribution in [0.2, 0.25) is 0 Å². The third-order valence-electron chi connectivity index (χ3n) is 1.22. The molecule has 0 rings (SSSR count). The molecule has 0 spiro atoms. The van der Waals surface area contributed by atoms with Gasteiger partial charge in [-0.2, -0.15) is 0 Å². The lowest BCUT2D eigenvalue weighted by molar-refractivity contribution is 0.290. The van der Waals surface area contributed by atoms with Crippen LogP contribution in [0.25, 0.3) is 0 Å². The number of rotatable bonds is 4. The molecule has 0 aromatic carbocycles. The summed E-state index contributed by atoms with van der Waals surface area (Å²) in [4.78, 5) is 0. The molecule has 1 N–H and O–H groups in total. The number of hydrogen-bond donors (Lipinski definition) is 1. The lowest BCUT2D eigenvalue weighted by Crippen LogP contribution is -1.93. The molecule has 0 aliphatic rings. The highest BCUT2D eigenvalue weighted by Gasteiger charge is 1.97. The quantitative estimate of drug-likeness (QED) is 0.592. The Bertz CT molecular complexity index is 37.7. The van der Waals surface area contributed by atoms with Crippen LogP contribution in [0.3, 0.4) is 0 Å². The van der Waals surface area contributed by atoms with E-state index in [4.69, 9.17) is 5.11 Å². The van der Waals surface area contributed by atoms with Gasteiger partial charge in [0.15, 0.2) is 0 Å². The van der Waals surface area contributed by atoms with Crippen molar-refractivity contribution in [2.45, 2.75) is 33.1 Å². The van der Waals surface area contributed by atoms with Crippen molar-refractivity contribution in [3.05, 3.63) is 5.92 Å². The predicted octanol–water partition coefficient (Wildman–Crippen LogP) is 1.76. The first-order valence-corrected chi connectivity index (χ1v) is 3.23. The fourth-order valence-electron chi connectivity index (χ4n) is 0.743. The van der Waals surface area contributed by atoms with Gasteiger partial charge in [0.25, 0.3) is 0 Å². The van der Waals surface area contributed by atoms with Gasteiger partial charge in [-0.3, -0.25) is 0 Å². The minimum Gasteiger partial charge on any atom is -0.396 e. The van der Waals surface area contributed by atoms with Gasteiger partial charge in [0.1, 0.15) is 0 Å². The number of aliphatic hydroxyl groups is 1. The van der Waals surface area contributed by atoms with Crippen LogP contribution in [-0.4, -0.2) is 11.7 Å². The van der Waals surface area contributed by atoms with Crippen molar-refractivity contribution in [2.24, 2.45) is 0 Å². The van der Waals surface area contributed by atoms with Crippen molar-refractivity contribution in [2.75, 3.05) is 6.61 Å². The topological polar surface area (TPSA) is 20.2 Å². The monoisotopic (exact) mass is 115 g/mol. The summed E-state index contributed by atoms with van der Waals surface area (Å²) >= 11 is 0. The minimum atomic E-state index is 0.311. The summed E-state index contributed by atoms with van der Waals surface area (Å²) in [6.07, 6.45) is 3.25. The van der Waals surface area contributed by atoms with Crippen LogP contribution >= 0.6 is 0 Å². The zero-order valence-corrected chi connectivity index (χ0v) is 5.78. The molecule has 0 atom stereocenters. The van der Waals surface area contributed by atoms with Crippen molar-refractivity contribution in [3.63, 3.8) is 0 Å². The summed E-state index contributed by atoms with van der Waals surface area (Å²) < 4.78 is 0. The Morgan fingerprint density at radius 3 is 2.38 bits per heavy atom. The molecular weight excluding hydrogens is 100 g/mol. The molecule has 0 saturated carbocycles. The number of hydrogen-bond acceptors (Lipinski definition) is 1. The van der Waals surface area contributed by atoms with E-state index in [0.29, 0.717) is 6.61 Å². The van der Waals surface area contributed by atoms with Gasteiger partial charge in [-0.05, 0) is 18.8 Å². The largest absolute Gasteiger partial charge is 0.396 e. The van der Waals surface area contributed by atoms with Gasteiger partial charge in [-0.25, -0.2) is 0 Å². The lowest BCUT2D eigenvalue weighted by atomic mass is 10.0. The molecule has 0 aromatic heterocycles. The lowest BCUT2D eigenvalue weighted by Gasteiger charge is -2.04. The molecule has 1 nitrogen and oxygen atoms in total. The fourth-order valence-corrected chi connectivity index (χ4v) is 0.743. The first-order valence-electron chi connectivity index (χ1n) is 3.23. The number of aliphatic hydroxyl groups excluding tert-OH is 1. The first kappa shape index (κ1) is 7.96. The van der Waals surface area contributed by atoms with E-state index < -0.39 is 0 Å². The smallest absolute Gasteiger partial charge is 0.0436 e. The van der Waals surface area contributed by atoms with Crippen LogP contribution in [0.5, 0.6) is 0 Å². The van der Waals surface area contributed by atoms with Crippen LogP contribution in [-0.2, 0) is 0 Å². The molecule has 1 heteroatoms. The normalized spacial score (nSPS) is 10.5. The molecule has 0 amide bonds. The van der Waals surface area contributed by atoms with E-state index >= 15 is 0 Å². The molecule has 0 bridgehead atoms. The average Bonchev–Trinajstić information content (AvgIpc) is 1.68. The molecule has 0 aliphatic carbocycles. The van der Waals surface area contributed by atoms with E-state index in [0.717, 1.165) is 6.42 Å². The van der Waals surface area contributed by atoms with Gasteiger partial charge in [0.2, 0.25) is 0 Å². The van der Waals surface area contributed by atoms with Gasteiger partial charge in [-0.1, -0.05) is 20.3 Å². The Hall–Kier alpha value is -0.0400. The van der Waals surface area contributed by atoms with Gasteiger partial charge in [0.05, 0.1) is 0 Å². The summed E-state index contributed by atoms with van der Waals surface area (Å²) in [6.45, 7) is 4.56. The third kappa shape index (κ3) is 4.13. The average molecular weight is 115 g/mol. The van der Waals surface area contributed by atoms with E-state index in [1.165, 1.54) is 18.8 Å². The zero-order chi connectivity index (χ0) is 6.41. The van der Waals surface area contributed by atoms with Crippen LogP contribution in [0.1, 0.15) is 33.1 Å². The molecular formula is C7H15O. The van der Waals surface area contributed by atoms with Crippen LogP contribution in [0.15, 0.2) is 0 Å². The molecule has 8 heavy (non-hydrogen) atoms. The Kier molecular flexibility index (Phi) is 5.08. The molecule has 0 unspecified atom stereocenters. The van der Waals surface area contributed by atoms with Crippen molar-refractivity contribution in [1.82, 2.24) is 0 Å². The summed E-state index contributed by atoms with van der Waals surface area (Å²) in [5.41, 5.74) is 0. The molecule has 0 saturated heterocycles. The Labute approximate surface area is 51.7 Å². The Balaban J connectivity index is 2.92. The second-order valence-electron chi connectivity index (χ2n) is 2.18. The zero-order valence-electron chi connectivity index (χ0n) is 5.78. The van der Waals surface area contributed by atoms with Gasteiger partial charge < -0.3 is 5.11 Å². The van der Waals surface area contributed by atoms with E-state index in [9.17, 15) is 0 Å². The summed E-state index contributed by atoms with van der Waals surface area (Å²) in [7, 11) is 0. The fraction of sp³-hybridized carbons (Fsp3) is 0.857. The van der Waals surface area contributed by atoms with Crippen molar-refractivity contribution >= 4 is 0 Å². The molecule has 0 aliphatic heterocycles. The highest BCUT2D eigenvalue weighted by molar-refractivity contribution is 4.81. The molecule has 49 valence electrons.